The number of carboxylic acids is 1. The van der Waals surface area contributed by atoms with Gasteiger partial charge in [-0.25, -0.2) is 4.79 Å². The lowest BCUT2D eigenvalue weighted by atomic mass is 10.2. The number of carboxylic acid groups (broad SMARTS) is 2. The molecule has 0 amide bonds. The van der Waals surface area contributed by atoms with Crippen molar-refractivity contribution in [2.45, 2.75) is 12.5 Å². The highest BCUT2D eigenvalue weighted by atomic mass is 32.2. The lowest BCUT2D eigenvalue weighted by Gasteiger charge is -2.02. The van der Waals surface area contributed by atoms with Crippen LogP contribution in [0.3, 0.4) is 0 Å². The van der Waals surface area contributed by atoms with E-state index in [1.54, 1.807) is 0 Å². The van der Waals surface area contributed by atoms with Crippen LogP contribution in [0.4, 0.5) is 4.79 Å². The van der Waals surface area contributed by atoms with Crippen LogP contribution in [0.5, 0.6) is 0 Å². The molecule has 0 aliphatic heterocycles. The van der Waals surface area contributed by atoms with Gasteiger partial charge in [-0.3, -0.25) is 4.79 Å². The summed E-state index contributed by atoms with van der Waals surface area (Å²) in [6, 6.07) is -0.957. The highest BCUT2D eigenvalue weighted by molar-refractivity contribution is 8.13. The van der Waals surface area contributed by atoms with Gasteiger partial charge in [0.05, 0.1) is 0 Å². The molecule has 0 aromatic rings. The monoisotopic (exact) mass is 179 g/mol. The molecule has 0 fully saturated rings. The van der Waals surface area contributed by atoms with E-state index in [2.05, 4.69) is 0 Å². The minimum atomic E-state index is -1.10. The van der Waals surface area contributed by atoms with Crippen LogP contribution in [-0.4, -0.2) is 33.3 Å². The summed E-state index contributed by atoms with van der Waals surface area (Å²) in [5, 5.41) is 15.4. The summed E-state index contributed by atoms with van der Waals surface area (Å²) in [5.41, 5.74) is 5.10. The van der Waals surface area contributed by atoms with Crippen molar-refractivity contribution in [2.24, 2.45) is 5.73 Å². The Morgan fingerprint density at radius 1 is 1.45 bits per heavy atom. The Hall–Kier alpha value is -0.750. The third kappa shape index (κ3) is 5.68. The minimum Gasteiger partial charge on any atom is -0.480 e. The van der Waals surface area contributed by atoms with E-state index in [9.17, 15) is 9.59 Å². The summed E-state index contributed by atoms with van der Waals surface area (Å²) >= 11 is 0.650. The Bertz CT molecular complexity index is 161. The van der Waals surface area contributed by atoms with E-state index in [0.29, 0.717) is 11.8 Å². The van der Waals surface area contributed by atoms with Crippen molar-refractivity contribution in [3.63, 3.8) is 0 Å². The predicted molar refractivity (Wildman–Crippen MR) is 40.7 cm³/mol. The summed E-state index contributed by atoms with van der Waals surface area (Å²) in [7, 11) is 0. The molecule has 0 saturated carbocycles. The van der Waals surface area contributed by atoms with Crippen molar-refractivity contribution in [3.05, 3.63) is 0 Å². The van der Waals surface area contributed by atoms with E-state index < -0.39 is 17.3 Å². The first-order valence-corrected chi connectivity index (χ1v) is 3.86. The summed E-state index contributed by atoms with van der Waals surface area (Å²) < 4.78 is 0. The highest BCUT2D eigenvalue weighted by Gasteiger charge is 2.11. The second-order valence-electron chi connectivity index (χ2n) is 1.85. The molecular weight excluding hydrogens is 170 g/mol. The SMILES string of the molecule is N[C@@H](CCSC(=O)O)C(=O)O. The quantitative estimate of drug-likeness (QED) is 0.570. The van der Waals surface area contributed by atoms with E-state index in [1.165, 1.54) is 0 Å². The number of nitrogens with two attached hydrogens (primary N) is 1. The van der Waals surface area contributed by atoms with E-state index in [0.717, 1.165) is 0 Å². The maximum absolute atomic E-state index is 10.1. The molecular formula is C5H9NO4S. The summed E-state index contributed by atoms with van der Waals surface area (Å²) in [5.74, 6) is -0.876. The second-order valence-corrected chi connectivity index (χ2v) is 2.89. The Morgan fingerprint density at radius 3 is 2.36 bits per heavy atom. The molecule has 1 atom stereocenters. The first-order valence-electron chi connectivity index (χ1n) is 2.88. The predicted octanol–water partition coefficient (Wildman–Crippen LogP) is 0.200. The third-order valence-corrected chi connectivity index (χ3v) is 1.66. The number of hydrogen-bond acceptors (Lipinski definition) is 4. The van der Waals surface area contributed by atoms with Crippen molar-refractivity contribution in [2.75, 3.05) is 5.75 Å². The van der Waals surface area contributed by atoms with E-state index in [4.69, 9.17) is 15.9 Å². The fourth-order valence-electron chi connectivity index (χ4n) is 0.397. The smallest absolute Gasteiger partial charge is 0.364 e. The minimum absolute atomic E-state index is 0.173. The second kappa shape index (κ2) is 4.97. The Labute approximate surface area is 67.6 Å². The molecule has 0 saturated heterocycles. The number of hydrogen-bond donors (Lipinski definition) is 3. The Balaban J connectivity index is 3.39. The average Bonchev–Trinajstić information content (AvgIpc) is 1.86. The fraction of sp³-hybridized carbons (Fsp3) is 0.600. The van der Waals surface area contributed by atoms with Crippen molar-refractivity contribution in [3.8, 4) is 0 Å². The number of thioether (sulfide) groups is 1. The first kappa shape index (κ1) is 10.2. The zero-order chi connectivity index (χ0) is 8.85. The molecule has 0 bridgehead atoms. The van der Waals surface area contributed by atoms with Crippen LogP contribution in [0.25, 0.3) is 0 Å². The highest BCUT2D eigenvalue weighted by Crippen LogP contribution is 2.04. The fourth-order valence-corrected chi connectivity index (χ4v) is 0.943. The summed E-state index contributed by atoms with van der Waals surface area (Å²) in [6.45, 7) is 0. The molecule has 6 heteroatoms. The van der Waals surface area contributed by atoms with Crippen molar-refractivity contribution >= 4 is 23.0 Å². The molecule has 11 heavy (non-hydrogen) atoms. The largest absolute Gasteiger partial charge is 0.480 e. The number of rotatable bonds is 4. The molecule has 0 rings (SSSR count). The van der Waals surface area contributed by atoms with Crippen LogP contribution in [0.1, 0.15) is 6.42 Å². The van der Waals surface area contributed by atoms with Gasteiger partial charge in [0.1, 0.15) is 6.04 Å². The molecule has 0 heterocycles. The molecule has 0 aromatic heterocycles. The Kier molecular flexibility index (Phi) is 4.64. The molecule has 5 nitrogen and oxygen atoms in total. The van der Waals surface area contributed by atoms with Gasteiger partial charge in [0.15, 0.2) is 0 Å². The van der Waals surface area contributed by atoms with E-state index in [-0.39, 0.29) is 12.2 Å². The molecule has 4 N–H and O–H groups in total. The van der Waals surface area contributed by atoms with Crippen LogP contribution in [-0.2, 0) is 4.79 Å². The summed E-state index contributed by atoms with van der Waals surface area (Å²) in [6.07, 6.45) is 0.173. The van der Waals surface area contributed by atoms with Crippen LogP contribution in [0.2, 0.25) is 0 Å². The van der Waals surface area contributed by atoms with Gasteiger partial charge >= 0.3 is 11.3 Å². The third-order valence-electron chi connectivity index (χ3n) is 0.972. The van der Waals surface area contributed by atoms with Crippen molar-refractivity contribution < 1.29 is 19.8 Å². The Morgan fingerprint density at radius 2 is 2.00 bits per heavy atom. The number of aliphatic carboxylic acids is 1. The van der Waals surface area contributed by atoms with Gasteiger partial charge in [-0.2, -0.15) is 0 Å². The molecule has 0 aliphatic rings. The molecule has 0 spiro atoms. The van der Waals surface area contributed by atoms with Gasteiger partial charge in [-0.05, 0) is 18.2 Å². The van der Waals surface area contributed by atoms with Crippen LogP contribution in [0, 0.1) is 0 Å². The summed E-state index contributed by atoms with van der Waals surface area (Å²) in [4.78, 5) is 20.0. The van der Waals surface area contributed by atoms with Gasteiger partial charge in [-0.15, -0.1) is 0 Å². The first-order chi connectivity index (χ1) is 5.04. The zero-order valence-corrected chi connectivity index (χ0v) is 6.50. The molecule has 64 valence electrons. The van der Waals surface area contributed by atoms with Gasteiger partial charge in [0.2, 0.25) is 0 Å². The van der Waals surface area contributed by atoms with Crippen LogP contribution < -0.4 is 5.73 Å². The van der Waals surface area contributed by atoms with Gasteiger partial charge < -0.3 is 15.9 Å². The maximum atomic E-state index is 10.1. The standard InChI is InChI=1S/C5H9NO4S/c6-3(4(7)8)1-2-11-5(9)10/h3H,1-2,6H2,(H,7,8)(H,9,10)/t3-/m0/s1. The van der Waals surface area contributed by atoms with Crippen molar-refractivity contribution in [1.29, 1.82) is 0 Å². The lowest BCUT2D eigenvalue weighted by Crippen LogP contribution is -2.30. The average molecular weight is 179 g/mol. The van der Waals surface area contributed by atoms with Crippen molar-refractivity contribution in [1.82, 2.24) is 0 Å². The zero-order valence-electron chi connectivity index (χ0n) is 5.69. The van der Waals surface area contributed by atoms with Crippen LogP contribution >= 0.6 is 11.8 Å². The normalized spacial score (nSPS) is 12.5. The van der Waals surface area contributed by atoms with Gasteiger partial charge in [-0.1, -0.05) is 0 Å². The number of carbonyl (C=O) groups is 2. The molecule has 0 aromatic carbocycles. The molecule has 0 radical (unpaired) electrons. The van der Waals surface area contributed by atoms with E-state index >= 15 is 0 Å². The van der Waals surface area contributed by atoms with Gasteiger partial charge in [0.25, 0.3) is 0 Å². The molecule has 0 unspecified atom stereocenters. The lowest BCUT2D eigenvalue weighted by molar-refractivity contribution is -0.138. The van der Waals surface area contributed by atoms with E-state index in [1.807, 2.05) is 0 Å². The maximum Gasteiger partial charge on any atom is 0.364 e. The molecule has 0 aliphatic carbocycles. The van der Waals surface area contributed by atoms with Gasteiger partial charge in [0, 0.05) is 5.75 Å². The van der Waals surface area contributed by atoms with Crippen LogP contribution in [0.15, 0.2) is 0 Å². The topological polar surface area (TPSA) is 101 Å².